The molecule has 0 radical (unpaired) electrons. The van der Waals surface area contributed by atoms with E-state index in [-0.39, 0.29) is 12.6 Å². The first-order chi connectivity index (χ1) is 7.39. The van der Waals surface area contributed by atoms with Crippen LogP contribution in [0.15, 0.2) is 0 Å². The molecule has 0 spiro atoms. The molecule has 2 atom stereocenters. The molecule has 0 saturated carbocycles. The molecule has 7 heteroatoms. The van der Waals surface area contributed by atoms with Gasteiger partial charge in [0.25, 0.3) is 0 Å². The number of hydrogen-bond donors (Lipinski definition) is 1. The van der Waals surface area contributed by atoms with Gasteiger partial charge in [0.15, 0.2) is 5.25 Å². The Hall–Kier alpha value is -0.660. The molecule has 2 unspecified atom stereocenters. The van der Waals surface area contributed by atoms with E-state index in [1.165, 1.54) is 18.3 Å². The zero-order chi connectivity index (χ0) is 12.3. The predicted octanol–water partition coefficient (Wildman–Crippen LogP) is -0.0999. The Morgan fingerprint density at radius 1 is 1.56 bits per heavy atom. The summed E-state index contributed by atoms with van der Waals surface area (Å²) in [7, 11) is -2.22. The fraction of sp³-hybridized carbons (Fsp3) is 0.889. The van der Waals surface area contributed by atoms with Crippen molar-refractivity contribution in [1.29, 1.82) is 0 Å². The molecule has 1 aliphatic heterocycles. The van der Waals surface area contributed by atoms with Crippen LogP contribution in [0.5, 0.6) is 0 Å². The van der Waals surface area contributed by atoms with E-state index >= 15 is 0 Å². The Morgan fingerprint density at radius 3 is 2.69 bits per heavy atom. The minimum Gasteiger partial charge on any atom is -0.480 e. The second-order valence-electron chi connectivity index (χ2n) is 3.88. The van der Waals surface area contributed by atoms with Gasteiger partial charge in [-0.25, -0.2) is 8.42 Å². The van der Waals surface area contributed by atoms with E-state index in [1.807, 2.05) is 0 Å². The monoisotopic (exact) mass is 251 g/mol. The van der Waals surface area contributed by atoms with Crippen LogP contribution in [0.2, 0.25) is 0 Å². The fourth-order valence-electron chi connectivity index (χ4n) is 1.68. The molecule has 1 fully saturated rings. The summed E-state index contributed by atoms with van der Waals surface area (Å²) in [6.45, 7) is 1.81. The average molecular weight is 251 g/mol. The molecule has 94 valence electrons. The highest BCUT2D eigenvalue weighted by Crippen LogP contribution is 2.18. The van der Waals surface area contributed by atoms with Crippen LogP contribution in [0, 0.1) is 0 Å². The molecule has 0 aromatic carbocycles. The van der Waals surface area contributed by atoms with E-state index in [9.17, 15) is 13.2 Å². The van der Waals surface area contributed by atoms with E-state index < -0.39 is 21.2 Å². The van der Waals surface area contributed by atoms with Crippen LogP contribution in [0.4, 0.5) is 0 Å². The molecule has 1 rings (SSSR count). The number of carboxylic acids is 1. The van der Waals surface area contributed by atoms with Crippen molar-refractivity contribution in [3.63, 3.8) is 0 Å². The number of sulfonamides is 1. The van der Waals surface area contributed by atoms with Gasteiger partial charge in [-0.2, -0.15) is 4.31 Å². The first-order valence-electron chi connectivity index (χ1n) is 5.14. The number of carboxylic acid groups (broad SMARTS) is 1. The van der Waals surface area contributed by atoms with Gasteiger partial charge in [0.1, 0.15) is 0 Å². The van der Waals surface area contributed by atoms with Gasteiger partial charge in [-0.05, 0) is 19.8 Å². The van der Waals surface area contributed by atoms with Gasteiger partial charge in [-0.1, -0.05) is 0 Å². The number of methoxy groups -OCH3 is 1. The van der Waals surface area contributed by atoms with Crippen molar-refractivity contribution < 1.29 is 23.1 Å². The molecule has 0 aromatic rings. The largest absolute Gasteiger partial charge is 0.480 e. The maximum absolute atomic E-state index is 11.9. The number of rotatable bonds is 4. The number of ether oxygens (including phenoxy) is 1. The third kappa shape index (κ3) is 2.72. The van der Waals surface area contributed by atoms with Gasteiger partial charge >= 0.3 is 5.97 Å². The summed E-state index contributed by atoms with van der Waals surface area (Å²) >= 11 is 0. The maximum Gasteiger partial charge on any atom is 0.323 e. The van der Waals surface area contributed by atoms with Crippen molar-refractivity contribution in [3.05, 3.63) is 0 Å². The summed E-state index contributed by atoms with van der Waals surface area (Å²) in [5, 5.41) is 7.33. The lowest BCUT2D eigenvalue weighted by Gasteiger charge is -2.32. The SMILES string of the molecule is COC1CCCN(S(=O)(=O)C(C)C(=O)O)C1. The Kier molecular flexibility index (Phi) is 4.28. The Balaban J connectivity index is 2.79. The van der Waals surface area contributed by atoms with Gasteiger partial charge in [0.05, 0.1) is 6.10 Å². The number of carbonyl (C=O) groups is 1. The second kappa shape index (κ2) is 5.11. The smallest absolute Gasteiger partial charge is 0.323 e. The lowest BCUT2D eigenvalue weighted by molar-refractivity contribution is -0.136. The van der Waals surface area contributed by atoms with Crippen molar-refractivity contribution in [2.24, 2.45) is 0 Å². The minimum atomic E-state index is -3.75. The van der Waals surface area contributed by atoms with E-state index in [2.05, 4.69) is 0 Å². The van der Waals surface area contributed by atoms with Crippen molar-refractivity contribution in [2.75, 3.05) is 20.2 Å². The van der Waals surface area contributed by atoms with Crippen LogP contribution in [-0.4, -0.2) is 55.4 Å². The highest BCUT2D eigenvalue weighted by molar-refractivity contribution is 7.90. The van der Waals surface area contributed by atoms with Crippen LogP contribution in [0.3, 0.4) is 0 Å². The molecular weight excluding hydrogens is 234 g/mol. The third-order valence-electron chi connectivity index (χ3n) is 2.83. The Labute approximate surface area is 95.2 Å². The molecule has 0 amide bonds. The zero-order valence-electron chi connectivity index (χ0n) is 9.42. The highest BCUT2D eigenvalue weighted by Gasteiger charge is 2.36. The van der Waals surface area contributed by atoms with E-state index in [1.54, 1.807) is 0 Å². The number of nitrogens with zero attached hydrogens (tertiary/aromatic N) is 1. The summed E-state index contributed by atoms with van der Waals surface area (Å²) in [5.41, 5.74) is 0. The van der Waals surface area contributed by atoms with E-state index in [4.69, 9.17) is 9.84 Å². The molecule has 1 heterocycles. The summed E-state index contributed by atoms with van der Waals surface area (Å²) in [4.78, 5) is 10.7. The van der Waals surface area contributed by atoms with Crippen molar-refractivity contribution >= 4 is 16.0 Å². The van der Waals surface area contributed by atoms with Crippen LogP contribution < -0.4 is 0 Å². The van der Waals surface area contributed by atoms with Crippen LogP contribution in [0.25, 0.3) is 0 Å². The van der Waals surface area contributed by atoms with Gasteiger partial charge < -0.3 is 9.84 Å². The number of aliphatic carboxylic acids is 1. The summed E-state index contributed by atoms with van der Waals surface area (Å²) in [6.07, 6.45) is 1.37. The van der Waals surface area contributed by atoms with Gasteiger partial charge in [0, 0.05) is 20.2 Å². The quantitative estimate of drug-likeness (QED) is 0.754. The maximum atomic E-state index is 11.9. The summed E-state index contributed by atoms with van der Waals surface area (Å²) in [6, 6.07) is 0. The van der Waals surface area contributed by atoms with Crippen LogP contribution in [-0.2, 0) is 19.6 Å². The van der Waals surface area contributed by atoms with E-state index in [0.717, 1.165) is 6.42 Å². The molecule has 0 aromatic heterocycles. The fourth-order valence-corrected chi connectivity index (χ4v) is 3.14. The number of piperidine rings is 1. The predicted molar refractivity (Wildman–Crippen MR) is 57.6 cm³/mol. The molecule has 1 aliphatic rings. The highest BCUT2D eigenvalue weighted by atomic mass is 32.2. The molecule has 0 aliphatic carbocycles. The molecule has 16 heavy (non-hydrogen) atoms. The van der Waals surface area contributed by atoms with Gasteiger partial charge in [-0.3, -0.25) is 4.79 Å². The standard InChI is InChI=1S/C9H17NO5S/c1-7(9(11)12)16(13,14)10-5-3-4-8(6-10)15-2/h7-8H,3-6H2,1-2H3,(H,11,12). The molecular formula is C9H17NO5S. The normalized spacial score (nSPS) is 25.2. The molecule has 6 nitrogen and oxygen atoms in total. The Morgan fingerprint density at radius 2 is 2.19 bits per heavy atom. The zero-order valence-corrected chi connectivity index (χ0v) is 10.2. The van der Waals surface area contributed by atoms with Gasteiger partial charge in [0.2, 0.25) is 10.0 Å². The van der Waals surface area contributed by atoms with Crippen LogP contribution in [0.1, 0.15) is 19.8 Å². The van der Waals surface area contributed by atoms with Gasteiger partial charge in [-0.15, -0.1) is 0 Å². The second-order valence-corrected chi connectivity index (χ2v) is 6.14. The molecule has 1 N–H and O–H groups in total. The third-order valence-corrected chi connectivity index (χ3v) is 4.98. The minimum absolute atomic E-state index is 0.135. The van der Waals surface area contributed by atoms with Crippen molar-refractivity contribution in [1.82, 2.24) is 4.31 Å². The lowest BCUT2D eigenvalue weighted by atomic mass is 10.1. The summed E-state index contributed by atoms with van der Waals surface area (Å²) < 4.78 is 30.1. The van der Waals surface area contributed by atoms with Crippen LogP contribution >= 0.6 is 0 Å². The van der Waals surface area contributed by atoms with E-state index in [0.29, 0.717) is 13.0 Å². The Bertz CT molecular complexity index is 353. The number of hydrogen-bond acceptors (Lipinski definition) is 4. The first kappa shape index (κ1) is 13.4. The topological polar surface area (TPSA) is 83.9 Å². The summed E-state index contributed by atoms with van der Waals surface area (Å²) in [5.74, 6) is -1.32. The molecule has 0 bridgehead atoms. The lowest BCUT2D eigenvalue weighted by Crippen LogP contribution is -2.47. The molecule has 1 saturated heterocycles. The van der Waals surface area contributed by atoms with Crippen molar-refractivity contribution in [3.8, 4) is 0 Å². The first-order valence-corrected chi connectivity index (χ1v) is 6.64. The van der Waals surface area contributed by atoms with Crippen molar-refractivity contribution in [2.45, 2.75) is 31.1 Å². The average Bonchev–Trinajstić information content (AvgIpc) is 2.27.